The van der Waals surface area contributed by atoms with E-state index in [9.17, 15) is 5.11 Å². The maximum Gasteiger partial charge on any atom is 0.133 e. The van der Waals surface area contributed by atoms with E-state index in [4.69, 9.17) is 4.98 Å². The molecule has 10 rings (SSSR count). The van der Waals surface area contributed by atoms with Crippen molar-refractivity contribution >= 4 is 82.6 Å². The smallest absolute Gasteiger partial charge is 0.133 e. The van der Waals surface area contributed by atoms with E-state index in [1.165, 1.54) is 71.3 Å². The summed E-state index contributed by atoms with van der Waals surface area (Å²) in [6, 6.07) is 55.5. The van der Waals surface area contributed by atoms with E-state index in [1.54, 1.807) is 0 Å². The molecule has 0 amide bonds. The summed E-state index contributed by atoms with van der Waals surface area (Å²) in [5.41, 5.74) is 12.3. The van der Waals surface area contributed by atoms with Gasteiger partial charge in [0.15, 0.2) is 0 Å². The molecular weight excluding hydrogens is 675 g/mol. The molecule has 9 aromatic rings. The van der Waals surface area contributed by atoms with Crippen LogP contribution < -0.4 is 0 Å². The van der Waals surface area contributed by atoms with Gasteiger partial charge in [-0.05, 0) is 95.7 Å². The van der Waals surface area contributed by atoms with Crippen molar-refractivity contribution < 1.29 is 5.11 Å². The van der Waals surface area contributed by atoms with Gasteiger partial charge in [-0.1, -0.05) is 139 Å². The number of hydrogen-bond acceptors (Lipinski definition) is 2. The normalized spacial score (nSPS) is 15.5. The molecule has 1 aliphatic carbocycles. The molecule has 1 aromatic heterocycles. The number of rotatable bonds is 6. The van der Waals surface area contributed by atoms with Crippen LogP contribution in [-0.2, 0) is 11.8 Å². The second kappa shape index (κ2) is 12.4. The SMILES string of the molecule is BC(B)(B)C1(C(B)(B)O)c2ccccc2-c2ccc(-c3c4ccccc4c(-c4ccc(-n5c(CC)nc6ccccc65)c5ccccc45)c4ccccc34)cc21. The zero-order valence-corrected chi connectivity index (χ0v) is 33.0. The average Bonchev–Trinajstić information content (AvgIpc) is 3.73. The van der Waals surface area contributed by atoms with Gasteiger partial charge in [-0.3, -0.25) is 4.57 Å². The Hall–Kier alpha value is -5.71. The molecule has 264 valence electrons. The molecule has 3 nitrogen and oxygen atoms in total. The monoisotopic (exact) mass is 716 g/mol. The van der Waals surface area contributed by atoms with E-state index in [0.717, 1.165) is 34.5 Å². The number of aromatic nitrogens is 2. The number of hydrogen-bond donors (Lipinski definition) is 1. The highest BCUT2D eigenvalue weighted by Gasteiger charge is 2.58. The first-order valence-corrected chi connectivity index (χ1v) is 19.9. The number of para-hydroxylation sites is 2. The van der Waals surface area contributed by atoms with Crippen molar-refractivity contribution in [3.8, 4) is 39.1 Å². The Morgan fingerprint density at radius 1 is 0.554 bits per heavy atom. The molecule has 0 fully saturated rings. The Bertz CT molecular complexity index is 2990. The predicted octanol–water partition coefficient (Wildman–Crippen LogP) is 6.53. The van der Waals surface area contributed by atoms with Gasteiger partial charge >= 0.3 is 0 Å². The third kappa shape index (κ3) is 4.72. The Labute approximate surface area is 332 Å². The summed E-state index contributed by atoms with van der Waals surface area (Å²) in [5, 5.41) is 18.3. The van der Waals surface area contributed by atoms with Gasteiger partial charge < -0.3 is 5.11 Å². The molecule has 0 bridgehead atoms. The first-order chi connectivity index (χ1) is 27.0. The maximum absolute atomic E-state index is 12.3. The van der Waals surface area contributed by atoms with E-state index in [0.29, 0.717) is 0 Å². The molecule has 0 radical (unpaired) electrons. The van der Waals surface area contributed by atoms with Crippen LogP contribution in [0.25, 0.3) is 82.4 Å². The van der Waals surface area contributed by atoms with Crippen LogP contribution in [0.5, 0.6) is 0 Å². The molecule has 8 aromatic carbocycles. The van der Waals surface area contributed by atoms with Crippen molar-refractivity contribution in [1.82, 2.24) is 9.55 Å². The van der Waals surface area contributed by atoms with Crippen molar-refractivity contribution in [2.75, 3.05) is 0 Å². The third-order valence-corrected chi connectivity index (χ3v) is 12.7. The lowest BCUT2D eigenvalue weighted by Crippen LogP contribution is -2.60. The lowest BCUT2D eigenvalue weighted by Gasteiger charge is -2.53. The summed E-state index contributed by atoms with van der Waals surface area (Å²) in [4.78, 5) is 5.03. The molecule has 8 heteroatoms. The summed E-state index contributed by atoms with van der Waals surface area (Å²) in [6.07, 6.45) is 0.836. The number of aliphatic hydroxyl groups is 1. The highest BCUT2D eigenvalue weighted by molar-refractivity contribution is 6.61. The molecule has 0 saturated heterocycles. The number of fused-ring (bicyclic) bond motifs is 7. The minimum absolute atomic E-state index is 0.284. The summed E-state index contributed by atoms with van der Waals surface area (Å²) in [6.45, 7) is 2.18. The molecule has 0 saturated carbocycles. The molecule has 1 atom stereocenters. The average molecular weight is 716 g/mol. The number of benzene rings is 8. The van der Waals surface area contributed by atoms with Gasteiger partial charge in [0.05, 0.1) is 40.3 Å². The molecule has 1 aliphatic rings. The van der Waals surface area contributed by atoms with Gasteiger partial charge in [-0.15, -0.1) is 0 Å². The third-order valence-electron chi connectivity index (χ3n) is 12.7. The maximum atomic E-state index is 12.3. The largest absolute Gasteiger partial charge is 0.406 e. The zero-order valence-electron chi connectivity index (χ0n) is 33.0. The van der Waals surface area contributed by atoms with Crippen LogP contribution in [0.1, 0.15) is 23.9 Å². The molecule has 1 unspecified atom stereocenters. The summed E-state index contributed by atoms with van der Waals surface area (Å²) in [7, 11) is 10.8. The molecular formula is C48H41B5N2O. The van der Waals surface area contributed by atoms with E-state index in [1.807, 2.05) is 15.7 Å². The Balaban J connectivity index is 1.26. The second-order valence-corrected chi connectivity index (χ2v) is 17.1. The van der Waals surface area contributed by atoms with Gasteiger partial charge in [-0.2, -0.15) is 0 Å². The molecule has 56 heavy (non-hydrogen) atoms. The summed E-state index contributed by atoms with van der Waals surface area (Å²) in [5.74, 6) is 1.06. The van der Waals surface area contributed by atoms with Gasteiger partial charge in [0.2, 0.25) is 0 Å². The summed E-state index contributed by atoms with van der Waals surface area (Å²) < 4.78 is 2.35. The van der Waals surface area contributed by atoms with Crippen LogP contribution in [0, 0.1) is 0 Å². The van der Waals surface area contributed by atoms with Gasteiger partial charge in [0, 0.05) is 22.6 Å². The fourth-order valence-corrected chi connectivity index (χ4v) is 10.8. The first kappa shape index (κ1) is 34.8. The second-order valence-electron chi connectivity index (χ2n) is 17.1. The lowest BCUT2D eigenvalue weighted by molar-refractivity contribution is 0.138. The Morgan fingerprint density at radius 3 is 1.73 bits per heavy atom. The lowest BCUT2D eigenvalue weighted by atomic mass is 9.24. The van der Waals surface area contributed by atoms with E-state index < -0.39 is 10.8 Å². The highest BCUT2D eigenvalue weighted by Crippen LogP contribution is 2.61. The quantitative estimate of drug-likeness (QED) is 0.157. The van der Waals surface area contributed by atoms with Crippen LogP contribution in [0.2, 0.25) is 5.11 Å². The van der Waals surface area contributed by atoms with E-state index >= 15 is 0 Å². The first-order valence-electron chi connectivity index (χ1n) is 19.9. The predicted molar refractivity (Wildman–Crippen MR) is 250 cm³/mol. The minimum Gasteiger partial charge on any atom is -0.406 e. The topological polar surface area (TPSA) is 38.0 Å². The number of aryl methyl sites for hydroxylation is 1. The highest BCUT2D eigenvalue weighted by atomic mass is 16.3. The van der Waals surface area contributed by atoms with Crippen molar-refractivity contribution in [1.29, 1.82) is 0 Å². The van der Waals surface area contributed by atoms with Crippen LogP contribution >= 0.6 is 0 Å². The fraction of sp³-hybridized carbons (Fsp3) is 0.104. The van der Waals surface area contributed by atoms with Crippen molar-refractivity contribution in [3.05, 3.63) is 169 Å². The van der Waals surface area contributed by atoms with Crippen LogP contribution in [0.4, 0.5) is 0 Å². The van der Waals surface area contributed by atoms with Gasteiger partial charge in [0.25, 0.3) is 0 Å². The van der Waals surface area contributed by atoms with Crippen molar-refractivity contribution in [2.45, 2.75) is 29.3 Å². The van der Waals surface area contributed by atoms with E-state index in [-0.39, 0.29) is 5.11 Å². The molecule has 1 N–H and O–H groups in total. The van der Waals surface area contributed by atoms with Crippen LogP contribution in [0.15, 0.2) is 152 Å². The molecule has 0 aliphatic heterocycles. The zero-order chi connectivity index (χ0) is 38.6. The van der Waals surface area contributed by atoms with Crippen molar-refractivity contribution in [2.24, 2.45) is 0 Å². The number of imidazole rings is 1. The van der Waals surface area contributed by atoms with Gasteiger partial charge in [-0.25, -0.2) is 4.98 Å². The van der Waals surface area contributed by atoms with Crippen molar-refractivity contribution in [3.63, 3.8) is 0 Å². The Morgan fingerprint density at radius 2 is 1.09 bits per heavy atom. The molecule has 1 heterocycles. The summed E-state index contributed by atoms with van der Waals surface area (Å²) >= 11 is 0. The minimum atomic E-state index is -1.03. The Kier molecular flexibility index (Phi) is 7.70. The van der Waals surface area contributed by atoms with E-state index in [2.05, 4.69) is 187 Å². The fourth-order valence-electron chi connectivity index (χ4n) is 10.8. The van der Waals surface area contributed by atoms with Crippen LogP contribution in [0.3, 0.4) is 0 Å². The van der Waals surface area contributed by atoms with Gasteiger partial charge in [0.1, 0.15) is 21.5 Å². The van der Waals surface area contributed by atoms with Crippen LogP contribution in [-0.4, -0.2) is 59.3 Å². The molecule has 0 spiro atoms. The standard InChI is InChI=1S/C48H41B5N2O/c1-2-43-54-40-21-11-12-22-42(40)55(43)41-26-25-37(29-13-3-4-15-32(29)41)45-35-18-7-5-16-33(35)44(34-17-6-8-19-36(34)45)28-23-24-31-30-14-9-10-20-38(30)46(39(31)27-28,47(49,50)51)48(52,53)56/h3-27,56H,2,49-53H2,1H3. The number of nitrogens with zero attached hydrogens (tertiary/aromatic N) is 2.